The Morgan fingerprint density at radius 1 is 1.24 bits per heavy atom. The third-order valence-corrected chi connectivity index (χ3v) is 3.75. The Bertz CT molecular complexity index is 669. The number of aromatic nitrogens is 2. The highest BCUT2D eigenvalue weighted by Gasteiger charge is 2.24. The Hall–Kier alpha value is -2.11. The molecule has 1 unspecified atom stereocenters. The maximum absolute atomic E-state index is 13.2. The minimum atomic E-state index is -0.957. The van der Waals surface area contributed by atoms with Gasteiger partial charge in [-0.1, -0.05) is 11.6 Å². The molecule has 0 spiro atoms. The predicted octanol–water partition coefficient (Wildman–Crippen LogP) is 3.32. The van der Waals surface area contributed by atoms with Gasteiger partial charge in [-0.25, -0.2) is 8.78 Å². The quantitative estimate of drug-likeness (QED) is 0.870. The lowest BCUT2D eigenvalue weighted by Crippen LogP contribution is -2.21. The number of Topliss-reactive ketones (excluding diaryl/α,β-unsaturated/α-hetero) is 1. The molecule has 21 heavy (non-hydrogen) atoms. The van der Waals surface area contributed by atoms with E-state index in [1.54, 1.807) is 0 Å². The maximum atomic E-state index is 13.2. The summed E-state index contributed by atoms with van der Waals surface area (Å²) in [5.41, 5.74) is 0.346. The van der Waals surface area contributed by atoms with Crippen LogP contribution < -0.4 is 0 Å². The normalized spacial score (nSPS) is 19.0. The van der Waals surface area contributed by atoms with E-state index < -0.39 is 11.6 Å². The van der Waals surface area contributed by atoms with Crippen molar-refractivity contribution in [1.82, 2.24) is 10.1 Å². The van der Waals surface area contributed by atoms with Crippen LogP contribution in [0.3, 0.4) is 0 Å². The van der Waals surface area contributed by atoms with Gasteiger partial charge in [-0.3, -0.25) is 4.79 Å². The molecule has 1 aliphatic rings. The van der Waals surface area contributed by atoms with Gasteiger partial charge in [0, 0.05) is 24.3 Å². The number of carbonyl (C=O) groups is 1. The van der Waals surface area contributed by atoms with Crippen LogP contribution in [0.2, 0.25) is 0 Å². The van der Waals surface area contributed by atoms with Crippen molar-refractivity contribution in [2.24, 2.45) is 5.92 Å². The van der Waals surface area contributed by atoms with Crippen LogP contribution in [-0.2, 0) is 11.2 Å². The van der Waals surface area contributed by atoms with Crippen molar-refractivity contribution in [2.45, 2.75) is 32.1 Å². The standard InChI is InChI=1S/C15H14F2N2O2/c16-11-6-5-10(7-12(11)17)15-18-14(21-19-15)8-9-3-1-2-4-13(9)20/h5-7,9H,1-4,8H2. The first kappa shape index (κ1) is 13.9. The van der Waals surface area contributed by atoms with E-state index in [9.17, 15) is 13.6 Å². The average Bonchev–Trinajstić information content (AvgIpc) is 2.93. The summed E-state index contributed by atoms with van der Waals surface area (Å²) in [6.45, 7) is 0. The van der Waals surface area contributed by atoms with Crippen molar-refractivity contribution in [3.63, 3.8) is 0 Å². The molecule has 1 fully saturated rings. The molecule has 1 saturated carbocycles. The summed E-state index contributed by atoms with van der Waals surface area (Å²) in [7, 11) is 0. The number of hydrogen-bond acceptors (Lipinski definition) is 4. The zero-order valence-electron chi connectivity index (χ0n) is 11.3. The highest BCUT2D eigenvalue weighted by molar-refractivity contribution is 5.81. The lowest BCUT2D eigenvalue weighted by molar-refractivity contribution is -0.124. The zero-order valence-corrected chi connectivity index (χ0v) is 11.3. The predicted molar refractivity (Wildman–Crippen MR) is 70.3 cm³/mol. The summed E-state index contributed by atoms with van der Waals surface area (Å²) in [6, 6.07) is 3.43. The molecule has 1 atom stereocenters. The molecule has 4 nitrogen and oxygen atoms in total. The second-order valence-corrected chi connectivity index (χ2v) is 5.25. The number of carbonyl (C=O) groups excluding carboxylic acids is 1. The summed E-state index contributed by atoms with van der Waals surface area (Å²) < 4.78 is 31.2. The third kappa shape index (κ3) is 2.99. The van der Waals surface area contributed by atoms with E-state index in [2.05, 4.69) is 10.1 Å². The molecule has 0 amide bonds. The number of ketones is 1. The minimum Gasteiger partial charge on any atom is -0.339 e. The van der Waals surface area contributed by atoms with Crippen LogP contribution in [0.25, 0.3) is 11.4 Å². The Morgan fingerprint density at radius 2 is 2.10 bits per heavy atom. The molecule has 3 rings (SSSR count). The van der Waals surface area contributed by atoms with Gasteiger partial charge in [0.15, 0.2) is 11.6 Å². The number of rotatable bonds is 3. The van der Waals surface area contributed by atoms with Crippen molar-refractivity contribution in [3.05, 3.63) is 35.7 Å². The molecule has 0 radical (unpaired) electrons. The maximum Gasteiger partial charge on any atom is 0.227 e. The third-order valence-electron chi connectivity index (χ3n) is 3.75. The summed E-state index contributed by atoms with van der Waals surface area (Å²) in [6.07, 6.45) is 3.83. The Labute approximate surface area is 120 Å². The van der Waals surface area contributed by atoms with Crippen LogP contribution in [-0.4, -0.2) is 15.9 Å². The van der Waals surface area contributed by atoms with E-state index in [4.69, 9.17) is 4.52 Å². The molecule has 1 aromatic carbocycles. The number of halogens is 2. The summed E-state index contributed by atoms with van der Waals surface area (Å²) in [5.74, 6) is -1.16. The molecule has 1 heterocycles. The van der Waals surface area contributed by atoms with E-state index in [1.165, 1.54) is 6.07 Å². The van der Waals surface area contributed by atoms with Crippen molar-refractivity contribution in [2.75, 3.05) is 0 Å². The summed E-state index contributed by atoms with van der Waals surface area (Å²) in [4.78, 5) is 15.9. The molecular weight excluding hydrogens is 278 g/mol. The average molecular weight is 292 g/mol. The second-order valence-electron chi connectivity index (χ2n) is 5.25. The topological polar surface area (TPSA) is 56.0 Å². The fourth-order valence-electron chi connectivity index (χ4n) is 2.57. The van der Waals surface area contributed by atoms with E-state index >= 15 is 0 Å². The van der Waals surface area contributed by atoms with Crippen LogP contribution in [0, 0.1) is 17.6 Å². The van der Waals surface area contributed by atoms with Gasteiger partial charge in [0.1, 0.15) is 5.78 Å². The van der Waals surface area contributed by atoms with Gasteiger partial charge in [0.25, 0.3) is 0 Å². The monoisotopic (exact) mass is 292 g/mol. The van der Waals surface area contributed by atoms with Gasteiger partial charge >= 0.3 is 0 Å². The largest absolute Gasteiger partial charge is 0.339 e. The van der Waals surface area contributed by atoms with Crippen LogP contribution >= 0.6 is 0 Å². The van der Waals surface area contributed by atoms with Crippen LogP contribution in [0.1, 0.15) is 31.6 Å². The number of hydrogen-bond donors (Lipinski definition) is 0. The van der Waals surface area contributed by atoms with Gasteiger partial charge in [0.05, 0.1) is 0 Å². The van der Waals surface area contributed by atoms with Gasteiger partial charge in [-0.15, -0.1) is 0 Å². The van der Waals surface area contributed by atoms with Gasteiger partial charge in [0.2, 0.25) is 11.7 Å². The lowest BCUT2D eigenvalue weighted by Gasteiger charge is -2.18. The SMILES string of the molecule is O=C1CCCCC1Cc1nc(-c2ccc(F)c(F)c2)no1. The molecule has 0 N–H and O–H groups in total. The van der Waals surface area contributed by atoms with Gasteiger partial charge in [-0.05, 0) is 31.0 Å². The van der Waals surface area contributed by atoms with Crippen LogP contribution in [0.4, 0.5) is 8.78 Å². The molecule has 0 saturated heterocycles. The number of nitrogens with zero attached hydrogens (tertiary/aromatic N) is 2. The first-order valence-corrected chi connectivity index (χ1v) is 6.94. The molecule has 110 valence electrons. The molecular formula is C15H14F2N2O2. The molecule has 0 aliphatic heterocycles. The zero-order chi connectivity index (χ0) is 14.8. The summed E-state index contributed by atoms with van der Waals surface area (Å²) in [5, 5.41) is 3.76. The second kappa shape index (κ2) is 5.71. The highest BCUT2D eigenvalue weighted by Crippen LogP contribution is 2.25. The Balaban J connectivity index is 1.76. The van der Waals surface area contributed by atoms with E-state index in [1.807, 2.05) is 0 Å². The lowest BCUT2D eigenvalue weighted by atomic mass is 9.86. The van der Waals surface area contributed by atoms with Crippen molar-refractivity contribution >= 4 is 5.78 Å². The molecule has 0 bridgehead atoms. The van der Waals surface area contributed by atoms with Gasteiger partial charge in [-0.2, -0.15) is 4.98 Å². The highest BCUT2D eigenvalue weighted by atomic mass is 19.2. The Morgan fingerprint density at radius 3 is 2.86 bits per heavy atom. The van der Waals surface area contributed by atoms with Crippen molar-refractivity contribution in [1.29, 1.82) is 0 Å². The molecule has 1 aliphatic carbocycles. The van der Waals surface area contributed by atoms with E-state index in [0.29, 0.717) is 24.3 Å². The van der Waals surface area contributed by atoms with Crippen molar-refractivity contribution < 1.29 is 18.1 Å². The molecule has 1 aromatic heterocycles. The minimum absolute atomic E-state index is 0.0722. The Kier molecular flexibility index (Phi) is 3.77. The molecule has 6 heteroatoms. The molecule has 2 aromatic rings. The smallest absolute Gasteiger partial charge is 0.227 e. The van der Waals surface area contributed by atoms with Gasteiger partial charge < -0.3 is 4.52 Å². The number of benzene rings is 1. The first-order valence-electron chi connectivity index (χ1n) is 6.94. The van der Waals surface area contributed by atoms with Crippen LogP contribution in [0.15, 0.2) is 22.7 Å². The van der Waals surface area contributed by atoms with Crippen LogP contribution in [0.5, 0.6) is 0 Å². The fraction of sp³-hybridized carbons (Fsp3) is 0.400. The van der Waals surface area contributed by atoms with E-state index in [0.717, 1.165) is 31.4 Å². The first-order chi connectivity index (χ1) is 10.1. The summed E-state index contributed by atoms with van der Waals surface area (Å²) >= 11 is 0. The van der Waals surface area contributed by atoms with Crippen molar-refractivity contribution in [3.8, 4) is 11.4 Å². The fourth-order valence-corrected chi connectivity index (χ4v) is 2.57. The van der Waals surface area contributed by atoms with E-state index in [-0.39, 0.29) is 17.5 Å².